The molecule has 0 bridgehead atoms. The van der Waals surface area contributed by atoms with Crippen LogP contribution in [0.25, 0.3) is 11.8 Å². The quantitative estimate of drug-likeness (QED) is 0.473. The molecule has 0 spiro atoms. The summed E-state index contributed by atoms with van der Waals surface area (Å²) in [5.74, 6) is 0.0647. The lowest BCUT2D eigenvalue weighted by Gasteiger charge is -2.10. The molecule has 0 fully saturated rings. The topological polar surface area (TPSA) is 79.9 Å². The number of allylic oxidation sites excluding steroid dienone is 1. The van der Waals surface area contributed by atoms with E-state index in [-0.39, 0.29) is 16.9 Å². The van der Waals surface area contributed by atoms with Crippen molar-refractivity contribution in [1.82, 2.24) is 4.57 Å². The standard InChI is InChI=1S/C20H21BrN2O3S/c1-14-18(6-4-5-11-27(3,25)26)23(15(2)20(14)19(24)12-21)17-9-7-16(13-22)8-10-17/h4,6-10H,5,11-12H2,1-3H3/b6-4+. The van der Waals surface area contributed by atoms with Crippen LogP contribution in [0.5, 0.6) is 0 Å². The van der Waals surface area contributed by atoms with E-state index in [4.69, 9.17) is 5.26 Å². The van der Waals surface area contributed by atoms with Gasteiger partial charge in [0.05, 0.1) is 22.7 Å². The zero-order chi connectivity index (χ0) is 20.2. The molecule has 0 aliphatic carbocycles. The highest BCUT2D eigenvalue weighted by Crippen LogP contribution is 2.28. The van der Waals surface area contributed by atoms with E-state index in [9.17, 15) is 13.2 Å². The number of nitriles is 1. The van der Waals surface area contributed by atoms with Gasteiger partial charge in [0.25, 0.3) is 0 Å². The number of Topliss-reactive ketones (excluding diaryl/α,β-unsaturated/α-hetero) is 1. The molecule has 27 heavy (non-hydrogen) atoms. The van der Waals surface area contributed by atoms with Gasteiger partial charge in [0.15, 0.2) is 5.78 Å². The van der Waals surface area contributed by atoms with E-state index >= 15 is 0 Å². The van der Waals surface area contributed by atoms with Gasteiger partial charge in [0.1, 0.15) is 9.84 Å². The van der Waals surface area contributed by atoms with Crippen molar-refractivity contribution in [3.63, 3.8) is 0 Å². The first-order valence-corrected chi connectivity index (χ1v) is 11.5. The van der Waals surface area contributed by atoms with Gasteiger partial charge >= 0.3 is 0 Å². The maximum absolute atomic E-state index is 12.4. The van der Waals surface area contributed by atoms with Crippen LogP contribution < -0.4 is 0 Å². The molecule has 0 radical (unpaired) electrons. The van der Waals surface area contributed by atoms with Gasteiger partial charge in [-0.05, 0) is 56.2 Å². The van der Waals surface area contributed by atoms with Crippen LogP contribution in [0.4, 0.5) is 0 Å². The van der Waals surface area contributed by atoms with Gasteiger partial charge in [-0.15, -0.1) is 0 Å². The fraction of sp³-hybridized carbons (Fsp3) is 0.300. The van der Waals surface area contributed by atoms with E-state index in [1.807, 2.05) is 42.7 Å². The first-order valence-electron chi connectivity index (χ1n) is 8.35. The highest BCUT2D eigenvalue weighted by molar-refractivity contribution is 9.09. The predicted octanol–water partition coefficient (Wildman–Crippen LogP) is 3.99. The van der Waals surface area contributed by atoms with Gasteiger partial charge in [-0.2, -0.15) is 5.26 Å². The molecule has 1 aromatic heterocycles. The van der Waals surface area contributed by atoms with E-state index in [2.05, 4.69) is 22.0 Å². The minimum Gasteiger partial charge on any atom is -0.313 e. The van der Waals surface area contributed by atoms with Gasteiger partial charge in [0, 0.05) is 28.9 Å². The van der Waals surface area contributed by atoms with Crippen LogP contribution in [0.2, 0.25) is 0 Å². The van der Waals surface area contributed by atoms with Crippen LogP contribution in [-0.2, 0) is 9.84 Å². The molecule has 0 saturated heterocycles. The third kappa shape index (κ3) is 4.96. The summed E-state index contributed by atoms with van der Waals surface area (Å²) in [6, 6.07) is 9.22. The molecule has 7 heteroatoms. The van der Waals surface area contributed by atoms with E-state index in [0.717, 1.165) is 22.6 Å². The lowest BCUT2D eigenvalue weighted by atomic mass is 10.1. The Morgan fingerprint density at radius 1 is 1.26 bits per heavy atom. The summed E-state index contributed by atoms with van der Waals surface area (Å²) in [5.41, 5.74) is 4.53. The molecule has 0 aliphatic heterocycles. The Balaban J connectivity index is 2.57. The number of sulfone groups is 1. The van der Waals surface area contributed by atoms with E-state index in [1.54, 1.807) is 12.1 Å². The number of hydrogen-bond acceptors (Lipinski definition) is 4. The average molecular weight is 449 g/mol. The molecular weight excluding hydrogens is 428 g/mol. The molecule has 0 aliphatic rings. The summed E-state index contributed by atoms with van der Waals surface area (Å²) in [7, 11) is -3.03. The molecule has 1 aromatic carbocycles. The Morgan fingerprint density at radius 2 is 1.89 bits per heavy atom. The number of rotatable bonds is 7. The zero-order valence-corrected chi connectivity index (χ0v) is 17.9. The van der Waals surface area contributed by atoms with Crippen molar-refractivity contribution in [3.05, 3.63) is 58.4 Å². The van der Waals surface area contributed by atoms with Crippen molar-refractivity contribution in [3.8, 4) is 11.8 Å². The second kappa shape index (κ2) is 8.68. The predicted molar refractivity (Wildman–Crippen MR) is 111 cm³/mol. The van der Waals surface area contributed by atoms with Crippen LogP contribution in [0.15, 0.2) is 30.3 Å². The summed E-state index contributed by atoms with van der Waals surface area (Å²) >= 11 is 3.23. The lowest BCUT2D eigenvalue weighted by molar-refractivity contribution is 0.102. The second-order valence-corrected chi connectivity index (χ2v) is 9.16. The highest BCUT2D eigenvalue weighted by Gasteiger charge is 2.21. The minimum atomic E-state index is -3.03. The fourth-order valence-electron chi connectivity index (χ4n) is 3.03. The maximum atomic E-state index is 12.4. The number of benzene rings is 1. The molecule has 142 valence electrons. The van der Waals surface area contributed by atoms with Gasteiger partial charge in [-0.1, -0.05) is 22.0 Å². The number of hydrogen-bond donors (Lipinski definition) is 0. The fourth-order valence-corrected chi connectivity index (χ4v) is 3.88. The SMILES string of the molecule is Cc1c(C(=O)CBr)c(C)n(-c2ccc(C#N)cc2)c1/C=C/CCS(C)(=O)=O. The Kier molecular flexibility index (Phi) is 6.79. The van der Waals surface area contributed by atoms with Gasteiger partial charge in [-0.3, -0.25) is 4.79 Å². The summed E-state index contributed by atoms with van der Waals surface area (Å²) in [4.78, 5) is 12.4. The Labute approximate surface area is 168 Å². The molecule has 5 nitrogen and oxygen atoms in total. The van der Waals surface area contributed by atoms with E-state index in [1.165, 1.54) is 6.26 Å². The first-order chi connectivity index (χ1) is 12.7. The van der Waals surface area contributed by atoms with Crippen LogP contribution in [0.3, 0.4) is 0 Å². The largest absolute Gasteiger partial charge is 0.313 e. The zero-order valence-electron chi connectivity index (χ0n) is 15.5. The highest BCUT2D eigenvalue weighted by atomic mass is 79.9. The molecule has 2 aromatic rings. The Hall–Kier alpha value is -2.17. The van der Waals surface area contributed by atoms with Crippen LogP contribution in [0, 0.1) is 25.2 Å². The van der Waals surface area contributed by atoms with E-state index < -0.39 is 9.84 Å². The monoisotopic (exact) mass is 448 g/mol. The third-order valence-electron chi connectivity index (χ3n) is 4.28. The van der Waals surface area contributed by atoms with Gasteiger partial charge < -0.3 is 4.57 Å². The average Bonchev–Trinajstić information content (AvgIpc) is 2.87. The van der Waals surface area contributed by atoms with Crippen molar-refractivity contribution in [2.45, 2.75) is 20.3 Å². The molecule has 0 saturated carbocycles. The normalized spacial score (nSPS) is 11.7. The Morgan fingerprint density at radius 3 is 2.41 bits per heavy atom. The molecule has 0 N–H and O–H groups in total. The van der Waals surface area contributed by atoms with Crippen molar-refractivity contribution in [1.29, 1.82) is 5.26 Å². The third-order valence-corrected chi connectivity index (χ3v) is 5.77. The Bertz CT molecular complexity index is 1030. The van der Waals surface area contributed by atoms with Crippen LogP contribution >= 0.6 is 15.9 Å². The molecular formula is C20H21BrN2O3S. The number of ketones is 1. The molecule has 0 atom stereocenters. The smallest absolute Gasteiger partial charge is 0.175 e. The molecule has 0 unspecified atom stereocenters. The maximum Gasteiger partial charge on any atom is 0.175 e. The molecule has 0 amide bonds. The lowest BCUT2D eigenvalue weighted by Crippen LogP contribution is -2.04. The second-order valence-electron chi connectivity index (χ2n) is 6.34. The van der Waals surface area contributed by atoms with Crippen LogP contribution in [0.1, 0.15) is 39.3 Å². The summed E-state index contributed by atoms with van der Waals surface area (Å²) in [5, 5.41) is 9.23. The van der Waals surface area contributed by atoms with E-state index in [0.29, 0.717) is 17.5 Å². The number of halogens is 1. The van der Waals surface area contributed by atoms with Crippen molar-refractivity contribution in [2.24, 2.45) is 0 Å². The van der Waals surface area contributed by atoms with Crippen molar-refractivity contribution < 1.29 is 13.2 Å². The summed E-state index contributed by atoms with van der Waals surface area (Å²) in [6.07, 6.45) is 5.28. The first kappa shape index (κ1) is 21.1. The van der Waals surface area contributed by atoms with Gasteiger partial charge in [-0.25, -0.2) is 8.42 Å². The minimum absolute atomic E-state index is 0.0109. The number of nitrogens with zero attached hydrogens (tertiary/aromatic N) is 2. The number of alkyl halides is 1. The number of carbonyl (C=O) groups is 1. The number of carbonyl (C=O) groups excluding carboxylic acids is 1. The molecule has 1 heterocycles. The van der Waals surface area contributed by atoms with Crippen molar-refractivity contribution >= 4 is 37.6 Å². The van der Waals surface area contributed by atoms with Crippen molar-refractivity contribution in [2.75, 3.05) is 17.3 Å². The van der Waals surface area contributed by atoms with Gasteiger partial charge in [0.2, 0.25) is 0 Å². The summed E-state index contributed by atoms with van der Waals surface area (Å²) < 4.78 is 24.6. The summed E-state index contributed by atoms with van der Waals surface area (Å²) in [6.45, 7) is 3.77. The molecule has 2 rings (SSSR count). The number of aromatic nitrogens is 1. The van der Waals surface area contributed by atoms with Crippen LogP contribution in [-0.4, -0.2) is 36.1 Å².